The Labute approximate surface area is 100 Å². The molecule has 0 fully saturated rings. The van der Waals surface area contributed by atoms with Gasteiger partial charge in [0, 0.05) is 23.9 Å². The normalized spacial score (nSPS) is 10.3. The molecule has 0 atom stereocenters. The van der Waals surface area contributed by atoms with Crippen LogP contribution >= 0.6 is 0 Å². The minimum Gasteiger partial charge on any atom is -0.496 e. The van der Waals surface area contributed by atoms with Crippen molar-refractivity contribution in [1.29, 1.82) is 0 Å². The Bertz CT molecular complexity index is 599. The molecule has 0 unspecified atom stereocenters. The summed E-state index contributed by atoms with van der Waals surface area (Å²) in [5.74, 6) is 0.812. The SMILES string of the molecule is COc1c(-c2cc(=O)cc[nH]2)ccc(C)c1C. The summed E-state index contributed by atoms with van der Waals surface area (Å²) in [5, 5.41) is 0. The molecular formula is C14H15NO2. The predicted molar refractivity (Wildman–Crippen MR) is 68.5 cm³/mol. The quantitative estimate of drug-likeness (QED) is 0.860. The van der Waals surface area contributed by atoms with E-state index >= 15 is 0 Å². The average Bonchev–Trinajstić information content (AvgIpc) is 2.32. The van der Waals surface area contributed by atoms with Gasteiger partial charge in [-0.3, -0.25) is 4.79 Å². The number of benzene rings is 1. The van der Waals surface area contributed by atoms with Gasteiger partial charge in [-0.15, -0.1) is 0 Å². The summed E-state index contributed by atoms with van der Waals surface area (Å²) in [4.78, 5) is 14.4. The first-order valence-corrected chi connectivity index (χ1v) is 5.47. The molecule has 0 saturated heterocycles. The maximum Gasteiger partial charge on any atom is 0.182 e. The first-order chi connectivity index (χ1) is 8.13. The average molecular weight is 229 g/mol. The van der Waals surface area contributed by atoms with Gasteiger partial charge in [-0.05, 0) is 31.0 Å². The molecule has 1 heterocycles. The second-order valence-electron chi connectivity index (χ2n) is 4.03. The number of aryl methyl sites for hydroxylation is 1. The zero-order valence-electron chi connectivity index (χ0n) is 10.2. The van der Waals surface area contributed by atoms with Gasteiger partial charge in [0.15, 0.2) is 5.43 Å². The number of pyridine rings is 1. The Hall–Kier alpha value is -2.03. The highest BCUT2D eigenvalue weighted by Crippen LogP contribution is 2.32. The van der Waals surface area contributed by atoms with Crippen LogP contribution in [0.3, 0.4) is 0 Å². The van der Waals surface area contributed by atoms with E-state index in [1.54, 1.807) is 19.4 Å². The fourth-order valence-corrected chi connectivity index (χ4v) is 1.87. The van der Waals surface area contributed by atoms with E-state index in [1.165, 1.54) is 11.6 Å². The number of methoxy groups -OCH3 is 1. The summed E-state index contributed by atoms with van der Waals surface area (Å²) in [6.07, 6.45) is 1.65. The molecule has 1 N–H and O–H groups in total. The van der Waals surface area contributed by atoms with Crippen LogP contribution in [0, 0.1) is 13.8 Å². The lowest BCUT2D eigenvalue weighted by atomic mass is 10.0. The van der Waals surface area contributed by atoms with Crippen LogP contribution in [0.4, 0.5) is 0 Å². The second-order valence-corrected chi connectivity index (χ2v) is 4.03. The number of aromatic nitrogens is 1. The highest BCUT2D eigenvalue weighted by Gasteiger charge is 2.10. The van der Waals surface area contributed by atoms with Crippen LogP contribution < -0.4 is 10.2 Å². The minimum absolute atomic E-state index is 0.0148. The Morgan fingerprint density at radius 1 is 1.18 bits per heavy atom. The Morgan fingerprint density at radius 3 is 2.59 bits per heavy atom. The molecule has 0 amide bonds. The first kappa shape index (κ1) is 11.5. The molecular weight excluding hydrogens is 214 g/mol. The van der Waals surface area contributed by atoms with Crippen molar-refractivity contribution in [3.63, 3.8) is 0 Å². The van der Waals surface area contributed by atoms with Gasteiger partial charge in [0.25, 0.3) is 0 Å². The highest BCUT2D eigenvalue weighted by atomic mass is 16.5. The third-order valence-electron chi connectivity index (χ3n) is 2.94. The van der Waals surface area contributed by atoms with E-state index < -0.39 is 0 Å². The molecule has 3 heteroatoms. The van der Waals surface area contributed by atoms with Crippen LogP contribution in [0.2, 0.25) is 0 Å². The summed E-state index contributed by atoms with van der Waals surface area (Å²) in [6, 6.07) is 7.06. The van der Waals surface area contributed by atoms with Crippen LogP contribution in [0.25, 0.3) is 11.3 Å². The Kier molecular flexibility index (Phi) is 3.00. The first-order valence-electron chi connectivity index (χ1n) is 5.47. The standard InChI is InChI=1S/C14H15NO2/c1-9-4-5-12(14(17-3)10(9)2)13-8-11(16)6-7-15-13/h4-8H,1-3H3,(H,15,16). The van der Waals surface area contributed by atoms with Crippen molar-refractivity contribution in [3.8, 4) is 17.0 Å². The maximum atomic E-state index is 11.4. The number of aromatic amines is 1. The third kappa shape index (κ3) is 2.09. The number of H-pyrrole nitrogens is 1. The van der Waals surface area contributed by atoms with Crippen LogP contribution in [0.15, 0.2) is 35.3 Å². The van der Waals surface area contributed by atoms with Crippen molar-refractivity contribution in [2.24, 2.45) is 0 Å². The molecule has 0 radical (unpaired) electrons. The highest BCUT2D eigenvalue weighted by molar-refractivity contribution is 5.70. The molecule has 0 bridgehead atoms. The summed E-state index contributed by atoms with van der Waals surface area (Å²) in [6.45, 7) is 4.05. The molecule has 0 aliphatic rings. The zero-order chi connectivity index (χ0) is 12.4. The van der Waals surface area contributed by atoms with Gasteiger partial charge in [-0.2, -0.15) is 0 Å². The van der Waals surface area contributed by atoms with Gasteiger partial charge in [0.2, 0.25) is 0 Å². The summed E-state index contributed by atoms with van der Waals surface area (Å²) < 4.78 is 5.43. The molecule has 0 spiro atoms. The molecule has 0 aliphatic carbocycles. The van der Waals surface area contributed by atoms with Gasteiger partial charge in [0.05, 0.1) is 12.8 Å². The van der Waals surface area contributed by atoms with Crippen molar-refractivity contribution < 1.29 is 4.74 Å². The van der Waals surface area contributed by atoms with E-state index in [0.29, 0.717) is 0 Å². The molecule has 2 aromatic rings. The minimum atomic E-state index is -0.0148. The van der Waals surface area contributed by atoms with Crippen LogP contribution in [-0.4, -0.2) is 12.1 Å². The van der Waals surface area contributed by atoms with Crippen LogP contribution in [0.1, 0.15) is 11.1 Å². The van der Waals surface area contributed by atoms with Crippen molar-refractivity contribution in [2.45, 2.75) is 13.8 Å². The molecule has 0 aliphatic heterocycles. The molecule has 0 saturated carbocycles. The van der Waals surface area contributed by atoms with E-state index in [1.807, 2.05) is 26.0 Å². The summed E-state index contributed by atoms with van der Waals surface area (Å²) in [5.41, 5.74) is 3.93. The number of hydrogen-bond donors (Lipinski definition) is 1. The number of nitrogens with one attached hydrogen (secondary N) is 1. The topological polar surface area (TPSA) is 42.1 Å². The molecule has 3 nitrogen and oxygen atoms in total. The number of rotatable bonds is 2. The van der Waals surface area contributed by atoms with E-state index in [2.05, 4.69) is 4.98 Å². The zero-order valence-corrected chi connectivity index (χ0v) is 10.2. The van der Waals surface area contributed by atoms with Crippen molar-refractivity contribution in [3.05, 3.63) is 51.8 Å². The Morgan fingerprint density at radius 2 is 1.94 bits per heavy atom. The van der Waals surface area contributed by atoms with E-state index in [4.69, 9.17) is 4.74 Å². The number of hydrogen-bond acceptors (Lipinski definition) is 2. The van der Waals surface area contributed by atoms with Gasteiger partial charge in [0.1, 0.15) is 5.75 Å². The molecule has 88 valence electrons. The van der Waals surface area contributed by atoms with Crippen molar-refractivity contribution >= 4 is 0 Å². The fourth-order valence-electron chi connectivity index (χ4n) is 1.87. The lowest BCUT2D eigenvalue weighted by molar-refractivity contribution is 0.413. The van der Waals surface area contributed by atoms with Gasteiger partial charge in [-0.25, -0.2) is 0 Å². The largest absolute Gasteiger partial charge is 0.496 e. The second kappa shape index (κ2) is 4.45. The van der Waals surface area contributed by atoms with Crippen LogP contribution in [-0.2, 0) is 0 Å². The molecule has 17 heavy (non-hydrogen) atoms. The van der Waals surface area contributed by atoms with E-state index in [-0.39, 0.29) is 5.43 Å². The van der Waals surface area contributed by atoms with E-state index in [0.717, 1.165) is 22.6 Å². The van der Waals surface area contributed by atoms with Gasteiger partial charge in [-0.1, -0.05) is 6.07 Å². The summed E-state index contributed by atoms with van der Waals surface area (Å²) in [7, 11) is 1.65. The van der Waals surface area contributed by atoms with E-state index in [9.17, 15) is 4.79 Å². The molecule has 1 aromatic heterocycles. The molecule has 2 rings (SSSR count). The van der Waals surface area contributed by atoms with Crippen molar-refractivity contribution in [2.75, 3.05) is 7.11 Å². The summed E-state index contributed by atoms with van der Waals surface area (Å²) >= 11 is 0. The van der Waals surface area contributed by atoms with Gasteiger partial charge < -0.3 is 9.72 Å². The Balaban J connectivity index is 2.68. The lowest BCUT2D eigenvalue weighted by Gasteiger charge is -2.13. The fraction of sp³-hybridized carbons (Fsp3) is 0.214. The van der Waals surface area contributed by atoms with Gasteiger partial charge >= 0.3 is 0 Å². The van der Waals surface area contributed by atoms with Crippen molar-refractivity contribution in [1.82, 2.24) is 4.98 Å². The monoisotopic (exact) mass is 229 g/mol. The molecule has 1 aromatic carbocycles. The van der Waals surface area contributed by atoms with Crippen LogP contribution in [0.5, 0.6) is 5.75 Å². The predicted octanol–water partition coefficient (Wildman–Crippen LogP) is 2.67. The lowest BCUT2D eigenvalue weighted by Crippen LogP contribution is -2.00. The smallest absolute Gasteiger partial charge is 0.182 e. The number of ether oxygens (including phenoxy) is 1. The maximum absolute atomic E-state index is 11.4. The third-order valence-corrected chi connectivity index (χ3v) is 2.94.